The van der Waals surface area contributed by atoms with Crippen molar-refractivity contribution >= 4 is 0 Å². The highest BCUT2D eigenvalue weighted by Gasteiger charge is 2.24. The predicted octanol–water partition coefficient (Wildman–Crippen LogP) is 9.38. The molecule has 0 saturated heterocycles. The lowest BCUT2D eigenvalue weighted by Gasteiger charge is -2.30. The molecule has 2 aromatic rings. The Morgan fingerprint density at radius 2 is 1.31 bits per heavy atom. The quantitative estimate of drug-likeness (QED) is 0.221. The Morgan fingerprint density at radius 1 is 0.686 bits per heavy atom. The lowest BCUT2D eigenvalue weighted by molar-refractivity contribution is 0.00923. The fraction of sp³-hybridized carbons (Fsp3) is 0.588. The molecule has 2 atom stereocenters. The molecule has 2 unspecified atom stereocenters. The minimum Gasteiger partial charge on any atom is -0.378 e. The molecule has 0 aliphatic heterocycles. The summed E-state index contributed by atoms with van der Waals surface area (Å²) in [5, 5.41) is 0. The average Bonchev–Trinajstić information content (AvgIpc) is 2.91. The van der Waals surface area contributed by atoms with Crippen LogP contribution in [0.25, 0.3) is 0 Å². The first kappa shape index (κ1) is 26.2. The van der Waals surface area contributed by atoms with Gasteiger partial charge >= 0.3 is 0 Å². The average molecular weight is 473 g/mol. The molecule has 0 bridgehead atoms. The molecule has 0 amide bonds. The molecule has 0 radical (unpaired) electrons. The number of allylic oxidation sites excluding steroid dienone is 1. The van der Waals surface area contributed by atoms with E-state index in [4.69, 9.17) is 4.74 Å². The van der Waals surface area contributed by atoms with Crippen LogP contribution in [0, 0.1) is 18.8 Å². The number of aryl methyl sites for hydroxylation is 3. The summed E-state index contributed by atoms with van der Waals surface area (Å²) >= 11 is 0. The number of unbranched alkanes of at least 4 members (excludes halogenated alkanes) is 3. The van der Waals surface area contributed by atoms with E-state index in [1.165, 1.54) is 92.9 Å². The Bertz CT molecular complexity index is 870. The van der Waals surface area contributed by atoms with Crippen LogP contribution >= 0.6 is 0 Å². The Labute approximate surface area is 215 Å². The Kier molecular flexibility index (Phi) is 10.5. The van der Waals surface area contributed by atoms with E-state index in [2.05, 4.69) is 74.5 Å². The van der Waals surface area contributed by atoms with Gasteiger partial charge < -0.3 is 4.74 Å². The van der Waals surface area contributed by atoms with E-state index in [0.717, 1.165) is 25.4 Å². The smallest absolute Gasteiger partial charge is 0.0575 e. The summed E-state index contributed by atoms with van der Waals surface area (Å²) in [5.41, 5.74) is 5.76. The molecule has 1 fully saturated rings. The van der Waals surface area contributed by atoms with Crippen molar-refractivity contribution in [3.63, 3.8) is 0 Å². The molecule has 4 rings (SSSR count). The van der Waals surface area contributed by atoms with E-state index in [1.54, 1.807) is 0 Å². The zero-order valence-corrected chi connectivity index (χ0v) is 22.4. The van der Waals surface area contributed by atoms with Crippen molar-refractivity contribution < 1.29 is 4.74 Å². The van der Waals surface area contributed by atoms with Crippen LogP contribution in [-0.4, -0.2) is 12.7 Å². The van der Waals surface area contributed by atoms with E-state index >= 15 is 0 Å². The largest absolute Gasteiger partial charge is 0.378 e. The maximum absolute atomic E-state index is 6.40. The first-order chi connectivity index (χ1) is 17.2. The summed E-state index contributed by atoms with van der Waals surface area (Å²) in [6, 6.07) is 18.5. The van der Waals surface area contributed by atoms with E-state index in [-0.39, 0.29) is 0 Å². The van der Waals surface area contributed by atoms with Gasteiger partial charge in [0.15, 0.2) is 0 Å². The summed E-state index contributed by atoms with van der Waals surface area (Å²) in [7, 11) is 0. The molecule has 0 aromatic heterocycles. The molecule has 2 aromatic carbocycles. The van der Waals surface area contributed by atoms with Crippen molar-refractivity contribution in [1.29, 1.82) is 0 Å². The van der Waals surface area contributed by atoms with Crippen LogP contribution in [0.4, 0.5) is 0 Å². The molecule has 190 valence electrons. The molecular formula is C34H48O. The fourth-order valence-electron chi connectivity index (χ4n) is 5.97. The van der Waals surface area contributed by atoms with Crippen molar-refractivity contribution in [2.75, 3.05) is 6.61 Å². The first-order valence-electron chi connectivity index (χ1n) is 14.6. The van der Waals surface area contributed by atoms with E-state index in [9.17, 15) is 0 Å². The summed E-state index contributed by atoms with van der Waals surface area (Å²) in [6.07, 6.45) is 22.3. The Balaban J connectivity index is 1.12. The SMILES string of the molecule is CCCCCCC1C=CC(COC2CCC(c3ccc(CCc4ccc(C)cc4)cc3)CC2)CC1. The van der Waals surface area contributed by atoms with Gasteiger partial charge in [0, 0.05) is 5.92 Å². The molecule has 0 heterocycles. The summed E-state index contributed by atoms with van der Waals surface area (Å²) in [4.78, 5) is 0. The monoisotopic (exact) mass is 472 g/mol. The minimum absolute atomic E-state index is 0.472. The third-order valence-electron chi connectivity index (χ3n) is 8.49. The lowest BCUT2D eigenvalue weighted by Crippen LogP contribution is -2.24. The molecular weight excluding hydrogens is 424 g/mol. The topological polar surface area (TPSA) is 9.23 Å². The molecule has 2 aliphatic rings. The van der Waals surface area contributed by atoms with Gasteiger partial charge in [0.2, 0.25) is 0 Å². The van der Waals surface area contributed by atoms with Gasteiger partial charge in [0.25, 0.3) is 0 Å². The van der Waals surface area contributed by atoms with E-state index in [0.29, 0.717) is 17.9 Å². The van der Waals surface area contributed by atoms with Gasteiger partial charge in [-0.3, -0.25) is 0 Å². The van der Waals surface area contributed by atoms with Crippen LogP contribution in [0.3, 0.4) is 0 Å². The van der Waals surface area contributed by atoms with Crippen molar-refractivity contribution in [3.05, 3.63) is 82.9 Å². The Hall–Kier alpha value is -1.86. The zero-order valence-electron chi connectivity index (χ0n) is 22.4. The van der Waals surface area contributed by atoms with Crippen LogP contribution in [0.5, 0.6) is 0 Å². The normalized spacial score (nSPS) is 24.5. The van der Waals surface area contributed by atoms with Crippen LogP contribution < -0.4 is 0 Å². The molecule has 35 heavy (non-hydrogen) atoms. The van der Waals surface area contributed by atoms with Crippen LogP contribution in [0.15, 0.2) is 60.7 Å². The number of rotatable bonds is 12. The van der Waals surface area contributed by atoms with Gasteiger partial charge in [0.05, 0.1) is 12.7 Å². The first-order valence-corrected chi connectivity index (χ1v) is 14.6. The number of hydrogen-bond donors (Lipinski definition) is 0. The van der Waals surface area contributed by atoms with Gasteiger partial charge in [-0.1, -0.05) is 98.9 Å². The van der Waals surface area contributed by atoms with Crippen LogP contribution in [0.2, 0.25) is 0 Å². The molecule has 1 heteroatoms. The number of ether oxygens (including phenoxy) is 1. The molecule has 1 nitrogen and oxygen atoms in total. The highest BCUT2D eigenvalue weighted by molar-refractivity contribution is 5.28. The number of hydrogen-bond acceptors (Lipinski definition) is 1. The lowest BCUT2D eigenvalue weighted by atomic mass is 9.82. The predicted molar refractivity (Wildman–Crippen MR) is 150 cm³/mol. The second-order valence-corrected chi connectivity index (χ2v) is 11.4. The van der Waals surface area contributed by atoms with Crippen molar-refractivity contribution in [3.8, 4) is 0 Å². The van der Waals surface area contributed by atoms with Gasteiger partial charge in [-0.15, -0.1) is 0 Å². The van der Waals surface area contributed by atoms with Gasteiger partial charge in [0.1, 0.15) is 0 Å². The van der Waals surface area contributed by atoms with Gasteiger partial charge in [-0.25, -0.2) is 0 Å². The van der Waals surface area contributed by atoms with Gasteiger partial charge in [-0.2, -0.15) is 0 Å². The second-order valence-electron chi connectivity index (χ2n) is 11.4. The van der Waals surface area contributed by atoms with E-state index in [1.807, 2.05) is 0 Å². The molecule has 0 spiro atoms. The highest BCUT2D eigenvalue weighted by Crippen LogP contribution is 2.35. The third-order valence-corrected chi connectivity index (χ3v) is 8.49. The van der Waals surface area contributed by atoms with Crippen molar-refractivity contribution in [1.82, 2.24) is 0 Å². The van der Waals surface area contributed by atoms with Crippen LogP contribution in [-0.2, 0) is 17.6 Å². The van der Waals surface area contributed by atoms with E-state index < -0.39 is 0 Å². The van der Waals surface area contributed by atoms with Gasteiger partial charge in [-0.05, 0) is 93.2 Å². The highest BCUT2D eigenvalue weighted by atomic mass is 16.5. The second kappa shape index (κ2) is 14.0. The minimum atomic E-state index is 0.472. The van der Waals surface area contributed by atoms with Crippen molar-refractivity contribution in [2.45, 2.75) is 109 Å². The fourth-order valence-corrected chi connectivity index (χ4v) is 5.97. The molecule has 0 N–H and O–H groups in total. The summed E-state index contributed by atoms with van der Waals surface area (Å²) < 4.78 is 6.40. The molecule has 2 aliphatic carbocycles. The third kappa shape index (κ3) is 8.64. The number of benzene rings is 2. The zero-order chi connectivity index (χ0) is 24.3. The van der Waals surface area contributed by atoms with Crippen molar-refractivity contribution in [2.24, 2.45) is 11.8 Å². The molecule has 1 saturated carbocycles. The summed E-state index contributed by atoms with van der Waals surface area (Å²) in [5.74, 6) is 2.18. The Morgan fingerprint density at radius 3 is 1.94 bits per heavy atom. The maximum atomic E-state index is 6.40. The summed E-state index contributed by atoms with van der Waals surface area (Å²) in [6.45, 7) is 5.38. The van der Waals surface area contributed by atoms with Crippen LogP contribution in [0.1, 0.15) is 106 Å². The maximum Gasteiger partial charge on any atom is 0.0575 e. The standard InChI is InChI=1S/C34H48O/c1-3-4-5-6-7-28-14-16-31(17-15-28)26-35-34-24-22-33(23-25-34)32-20-18-30(19-21-32)13-12-29-10-8-27(2)9-11-29/h8-11,14,16,18-21,28,31,33-34H,3-7,12-13,15,17,22-26H2,1-2H3.